The highest BCUT2D eigenvalue weighted by Gasteiger charge is 2.51. The van der Waals surface area contributed by atoms with Crippen LogP contribution in [0.25, 0.3) is 0 Å². The van der Waals surface area contributed by atoms with Gasteiger partial charge in [0.15, 0.2) is 37.7 Å². The van der Waals surface area contributed by atoms with Gasteiger partial charge in [-0.3, -0.25) is 0 Å². The Bertz CT molecular complexity index is 1370. The topological polar surface area (TPSA) is 595 Å². The molecule has 28 atom stereocenters. The zero-order valence-electron chi connectivity index (χ0n) is 36.3. The highest BCUT2D eigenvalue weighted by atomic mass is 16.8. The zero-order chi connectivity index (χ0) is 53.4. The highest BCUT2D eigenvalue weighted by Crippen LogP contribution is 2.30. The van der Waals surface area contributed by atoms with E-state index < -0.39 is 205 Å². The van der Waals surface area contributed by atoms with E-state index in [0.717, 1.165) is 0 Å². The van der Waals surface area contributed by atoms with Gasteiger partial charge in [0.2, 0.25) is 0 Å². The molecule has 4 aliphatic rings. The summed E-state index contributed by atoms with van der Waals surface area (Å²) in [7, 11) is 0. The minimum absolute atomic E-state index is 0.0258. The molecule has 0 bridgehead atoms. The minimum Gasteiger partial charge on any atom is -0.394 e. The smallest absolute Gasteiger partial charge is 0.189 e. The second-order valence-corrected chi connectivity index (χ2v) is 15.8. The maximum absolute atomic E-state index is 9.94. The molecule has 410 valence electrons. The molecule has 4 rings (SSSR count). The van der Waals surface area contributed by atoms with Gasteiger partial charge in [-0.15, -0.1) is 0 Å². The lowest BCUT2D eigenvalue weighted by Gasteiger charge is -2.45. The summed E-state index contributed by atoms with van der Waals surface area (Å²) >= 11 is 0. The Labute approximate surface area is 389 Å². The van der Waals surface area contributed by atoms with Crippen molar-refractivity contribution in [2.24, 2.45) is 0 Å². The van der Waals surface area contributed by atoms with E-state index in [-0.39, 0.29) is 12.6 Å². The molecule has 25 N–H and O–H groups in total. The Balaban J connectivity index is 0.000000486. The summed E-state index contributed by atoms with van der Waals surface area (Å²) < 4.78 is 30.6. The van der Waals surface area contributed by atoms with E-state index in [2.05, 4.69) is 0 Å². The Morgan fingerprint density at radius 2 is 0.739 bits per heavy atom. The average molecular weight is 1030 g/mol. The van der Waals surface area contributed by atoms with E-state index in [1.807, 2.05) is 0 Å². The third-order valence-electron chi connectivity index (χ3n) is 10.7. The van der Waals surface area contributed by atoms with E-state index in [1.165, 1.54) is 6.92 Å². The fraction of sp³-hybridized carbons (Fsp3) is 0.944. The largest absolute Gasteiger partial charge is 0.394 e. The summed E-state index contributed by atoms with van der Waals surface area (Å²) in [6.45, 7) is -2.20. The summed E-state index contributed by atoms with van der Waals surface area (Å²) in [6.07, 6.45) is -43.9. The average Bonchev–Trinajstić information content (AvgIpc) is 3.35. The van der Waals surface area contributed by atoms with Crippen LogP contribution in [0.4, 0.5) is 0 Å². The molecular formula is C36H68O33. The van der Waals surface area contributed by atoms with Crippen molar-refractivity contribution >= 4 is 12.6 Å². The van der Waals surface area contributed by atoms with Crippen LogP contribution in [0.2, 0.25) is 0 Å². The highest BCUT2D eigenvalue weighted by molar-refractivity contribution is 5.57. The number of aliphatic hydroxyl groups excluding tert-OH is 25. The number of carbonyl (C=O) groups excluding carboxylic acids is 2. The van der Waals surface area contributed by atoms with Gasteiger partial charge >= 0.3 is 0 Å². The van der Waals surface area contributed by atoms with Gasteiger partial charge in [0.25, 0.3) is 0 Å². The minimum atomic E-state index is -1.79. The molecule has 0 aromatic rings. The molecule has 0 spiro atoms. The SMILES string of the molecule is C[C@H](O)[C@H](O)[C@@H](O)[C@@H](O)C=O.O=C[C@H](O)[C@@H](O)[C@H](O)[C@H](O)CO.OC[C@H]1O[C@@H](O[C@H]2[C@H](O)[C@@H](O)[C@H](O)O[C@@H]2CO)[C@H](O)[C@@H](O)[C@@H]1O.OC[C@H]1O[C@H](O[C@H]2O[C@H](CO)[C@@H](O)[C@H](O)[C@H]2O)[C@H](O)[C@@H](O)[C@@H]1O. The molecule has 4 heterocycles. The van der Waals surface area contributed by atoms with Crippen molar-refractivity contribution < 1.29 is 166 Å². The molecule has 0 radical (unpaired) electrons. The Morgan fingerprint density at radius 1 is 0.406 bits per heavy atom. The number of ether oxygens (including phenoxy) is 6. The molecule has 4 saturated heterocycles. The van der Waals surface area contributed by atoms with Crippen LogP contribution >= 0.6 is 0 Å². The monoisotopic (exact) mass is 1030 g/mol. The van der Waals surface area contributed by atoms with Crippen molar-refractivity contribution in [1.82, 2.24) is 0 Å². The fourth-order valence-corrected chi connectivity index (χ4v) is 6.25. The summed E-state index contributed by atoms with van der Waals surface area (Å²) in [5, 5.41) is 232. The van der Waals surface area contributed by atoms with Crippen molar-refractivity contribution in [3.8, 4) is 0 Å². The summed E-state index contributed by atoms with van der Waals surface area (Å²) in [4.78, 5) is 19.8. The normalized spacial score (nSPS) is 41.6. The van der Waals surface area contributed by atoms with Crippen LogP contribution in [0.5, 0.6) is 0 Å². The molecule has 33 heteroatoms. The number of aldehydes is 2. The molecule has 69 heavy (non-hydrogen) atoms. The molecule has 0 amide bonds. The second-order valence-electron chi connectivity index (χ2n) is 15.8. The van der Waals surface area contributed by atoms with Gasteiger partial charge in [-0.05, 0) is 6.92 Å². The quantitative estimate of drug-likeness (QED) is 0.0602. The fourth-order valence-electron chi connectivity index (χ4n) is 6.25. The van der Waals surface area contributed by atoms with Gasteiger partial charge in [0.05, 0.1) is 39.1 Å². The van der Waals surface area contributed by atoms with Crippen LogP contribution < -0.4 is 0 Å². The summed E-state index contributed by atoms with van der Waals surface area (Å²) in [6, 6.07) is 0. The first-order chi connectivity index (χ1) is 32.2. The third-order valence-corrected chi connectivity index (χ3v) is 10.7. The Morgan fingerprint density at radius 3 is 1.04 bits per heavy atom. The molecule has 33 nitrogen and oxygen atoms in total. The summed E-state index contributed by atoms with van der Waals surface area (Å²) in [5.41, 5.74) is 0. The maximum atomic E-state index is 9.94. The first-order valence-electron chi connectivity index (χ1n) is 20.7. The predicted molar refractivity (Wildman–Crippen MR) is 210 cm³/mol. The molecule has 4 aliphatic heterocycles. The number of rotatable bonds is 17. The number of aliphatic hydroxyl groups is 25. The summed E-state index contributed by atoms with van der Waals surface area (Å²) in [5.74, 6) is 0. The molecule has 4 fully saturated rings. The zero-order valence-corrected chi connectivity index (χ0v) is 36.3. The number of hydrogen-bond acceptors (Lipinski definition) is 33. The lowest BCUT2D eigenvalue weighted by molar-refractivity contribution is -0.376. The number of hydrogen-bond donors (Lipinski definition) is 25. The van der Waals surface area contributed by atoms with Crippen LogP contribution in [-0.2, 0) is 38.0 Å². The van der Waals surface area contributed by atoms with E-state index in [4.69, 9.17) is 89.7 Å². The molecule has 0 aromatic carbocycles. The maximum Gasteiger partial charge on any atom is 0.189 e. The van der Waals surface area contributed by atoms with E-state index in [0.29, 0.717) is 0 Å². The molecule has 0 saturated carbocycles. The molecule has 0 aromatic heterocycles. The Kier molecular flexibility index (Phi) is 29.2. The van der Waals surface area contributed by atoms with E-state index in [9.17, 15) is 76.0 Å². The number of carbonyl (C=O) groups is 2. The van der Waals surface area contributed by atoms with Crippen molar-refractivity contribution in [2.45, 2.75) is 179 Å². The van der Waals surface area contributed by atoms with Crippen LogP contribution in [0.3, 0.4) is 0 Å². The lowest BCUT2D eigenvalue weighted by Crippen LogP contribution is -2.64. The molecule has 0 aliphatic carbocycles. The molecule has 0 unspecified atom stereocenters. The van der Waals surface area contributed by atoms with Crippen molar-refractivity contribution in [3.05, 3.63) is 0 Å². The van der Waals surface area contributed by atoms with Crippen LogP contribution in [0.15, 0.2) is 0 Å². The van der Waals surface area contributed by atoms with Crippen LogP contribution in [0.1, 0.15) is 6.92 Å². The first kappa shape index (κ1) is 65.1. The lowest BCUT2D eigenvalue weighted by atomic mass is 9.97. The van der Waals surface area contributed by atoms with Crippen molar-refractivity contribution in [1.29, 1.82) is 0 Å². The van der Waals surface area contributed by atoms with Gasteiger partial charge in [-0.1, -0.05) is 0 Å². The van der Waals surface area contributed by atoms with Gasteiger partial charge < -0.3 is 166 Å². The standard InChI is InChI=1S/2C12H22O11.C6H12O6.C6H12O5/c13-1-3-5(15)6(16)9(19)12(22-3)23-10-4(2-14)21-11(20)8(18)7(10)17;13-1-3-5(15)7(17)9(19)11(21-3)23-12-10(20)8(18)6(16)4(2-14)22-12;7-1-3(9)5(11)6(12)4(10)2-8;1-3(8)5(10)6(11)4(9)2-7/h2*3-20H,1-2H2;1,3-6,8-12H,2H2;2-6,8-11H,1H3/t3-,4-,5-,6+,7-,8-,9-,10-,11-,12+;3-,4-,5-,6-,7+,8+,9-,10-,11-,12-;3-,4+,5+,6+;3-,4-,5-,6-/m1100/s1. The van der Waals surface area contributed by atoms with Crippen LogP contribution in [-0.4, -0.2) is 345 Å². The van der Waals surface area contributed by atoms with Gasteiger partial charge in [-0.2, -0.15) is 0 Å². The van der Waals surface area contributed by atoms with Crippen molar-refractivity contribution in [2.75, 3.05) is 33.0 Å². The first-order valence-corrected chi connectivity index (χ1v) is 20.7. The second kappa shape index (κ2) is 31.0. The van der Waals surface area contributed by atoms with E-state index >= 15 is 0 Å². The van der Waals surface area contributed by atoms with Gasteiger partial charge in [-0.25, -0.2) is 0 Å². The Hall–Kier alpha value is -1.90. The van der Waals surface area contributed by atoms with Gasteiger partial charge in [0.1, 0.15) is 140 Å². The van der Waals surface area contributed by atoms with Crippen LogP contribution in [0, 0.1) is 0 Å². The van der Waals surface area contributed by atoms with E-state index in [1.54, 1.807) is 0 Å². The molecular weight excluding hydrogens is 960 g/mol. The van der Waals surface area contributed by atoms with Crippen molar-refractivity contribution in [3.63, 3.8) is 0 Å². The third kappa shape index (κ3) is 17.6. The van der Waals surface area contributed by atoms with Gasteiger partial charge in [0, 0.05) is 0 Å². The predicted octanol–water partition coefficient (Wildman–Crippen LogP) is -16.5.